The summed E-state index contributed by atoms with van der Waals surface area (Å²) < 4.78 is 2.25. The number of carbonyl (C=O) groups is 1. The van der Waals surface area contributed by atoms with Crippen LogP contribution >= 0.6 is 11.8 Å². The topological polar surface area (TPSA) is 46.9 Å². The van der Waals surface area contributed by atoms with E-state index in [1.165, 1.54) is 47.1 Å². The monoisotopic (exact) mass is 419 g/mol. The van der Waals surface area contributed by atoms with Crippen LogP contribution in [0.15, 0.2) is 53.7 Å². The van der Waals surface area contributed by atoms with Gasteiger partial charge in [-0.2, -0.15) is 0 Å². The van der Waals surface area contributed by atoms with Gasteiger partial charge >= 0.3 is 0 Å². The molecule has 3 aromatic rings. The van der Waals surface area contributed by atoms with E-state index in [1.54, 1.807) is 0 Å². The zero-order chi connectivity index (χ0) is 20.9. The Morgan fingerprint density at radius 2 is 1.70 bits per heavy atom. The Hall–Kier alpha value is -2.53. The van der Waals surface area contributed by atoms with Gasteiger partial charge in [0.15, 0.2) is 5.16 Å². The van der Waals surface area contributed by atoms with Crippen LogP contribution in [0.2, 0.25) is 0 Å². The summed E-state index contributed by atoms with van der Waals surface area (Å²) in [6.45, 7) is 4.25. The van der Waals surface area contributed by atoms with Crippen LogP contribution < -0.4 is 5.32 Å². The van der Waals surface area contributed by atoms with Crippen LogP contribution in [0, 0.1) is 0 Å². The lowest BCUT2D eigenvalue weighted by molar-refractivity contribution is -0.113. The molecule has 0 atom stereocenters. The molecule has 0 spiro atoms. The fraction of sp³-hybridized carbons (Fsp3) is 0.360. The van der Waals surface area contributed by atoms with Crippen LogP contribution in [-0.2, 0) is 30.5 Å². The van der Waals surface area contributed by atoms with Gasteiger partial charge in [0.1, 0.15) is 0 Å². The van der Waals surface area contributed by atoms with Crippen LogP contribution in [0.1, 0.15) is 49.2 Å². The highest BCUT2D eigenvalue weighted by molar-refractivity contribution is 7.99. The largest absolute Gasteiger partial charge is 0.325 e. The predicted octanol–water partition coefficient (Wildman–Crippen LogP) is 5.61. The number of thioether (sulfide) groups is 1. The third-order valence-electron chi connectivity index (χ3n) is 5.71. The molecule has 1 aliphatic carbocycles. The Morgan fingerprint density at radius 3 is 2.40 bits per heavy atom. The van der Waals surface area contributed by atoms with E-state index in [0.29, 0.717) is 5.75 Å². The van der Waals surface area contributed by atoms with Crippen molar-refractivity contribution in [3.05, 3.63) is 71.0 Å². The number of fused-ring (bicyclic) bond motifs is 1. The second-order valence-electron chi connectivity index (χ2n) is 7.66. The molecule has 5 heteroatoms. The number of hydrogen-bond acceptors (Lipinski definition) is 3. The first-order valence-corrected chi connectivity index (χ1v) is 11.9. The predicted molar refractivity (Wildman–Crippen MR) is 125 cm³/mol. The second kappa shape index (κ2) is 9.52. The van der Waals surface area contributed by atoms with E-state index in [9.17, 15) is 4.79 Å². The van der Waals surface area contributed by atoms with Crippen molar-refractivity contribution < 1.29 is 4.79 Å². The average molecular weight is 420 g/mol. The van der Waals surface area contributed by atoms with E-state index in [0.717, 1.165) is 42.2 Å². The number of hydrogen-bond donors (Lipinski definition) is 1. The van der Waals surface area contributed by atoms with E-state index in [2.05, 4.69) is 66.2 Å². The van der Waals surface area contributed by atoms with Crippen LogP contribution in [-0.4, -0.2) is 21.2 Å². The van der Waals surface area contributed by atoms with Crippen molar-refractivity contribution in [2.75, 3.05) is 11.1 Å². The molecular formula is C25H29N3OS. The van der Waals surface area contributed by atoms with E-state index >= 15 is 0 Å². The van der Waals surface area contributed by atoms with Gasteiger partial charge in [-0.15, -0.1) is 0 Å². The average Bonchev–Trinajstić information content (AvgIpc) is 3.17. The van der Waals surface area contributed by atoms with Crippen molar-refractivity contribution in [3.8, 4) is 5.69 Å². The third kappa shape index (κ3) is 4.31. The van der Waals surface area contributed by atoms with Crippen molar-refractivity contribution >= 4 is 23.4 Å². The number of aromatic nitrogens is 2. The maximum Gasteiger partial charge on any atom is 0.234 e. The van der Waals surface area contributed by atoms with Crippen LogP contribution in [0.3, 0.4) is 0 Å². The van der Waals surface area contributed by atoms with Gasteiger partial charge in [-0.3, -0.25) is 9.36 Å². The molecule has 2 aromatic carbocycles. The Morgan fingerprint density at radius 1 is 1.00 bits per heavy atom. The first kappa shape index (κ1) is 20.7. The number of rotatable bonds is 7. The molecule has 4 rings (SSSR count). The van der Waals surface area contributed by atoms with Gasteiger partial charge in [0.25, 0.3) is 0 Å². The molecule has 0 saturated heterocycles. The van der Waals surface area contributed by atoms with Crippen LogP contribution in [0.5, 0.6) is 0 Å². The zero-order valence-corrected chi connectivity index (χ0v) is 18.6. The molecule has 0 radical (unpaired) electrons. The minimum Gasteiger partial charge on any atom is -0.325 e. The van der Waals surface area contributed by atoms with Crippen molar-refractivity contribution in [2.24, 2.45) is 0 Å². The van der Waals surface area contributed by atoms with Crippen LogP contribution in [0.25, 0.3) is 5.69 Å². The number of benzene rings is 2. The lowest BCUT2D eigenvalue weighted by Crippen LogP contribution is -2.17. The number of carbonyl (C=O) groups excluding carboxylic acids is 1. The van der Waals surface area contributed by atoms with Gasteiger partial charge < -0.3 is 5.32 Å². The van der Waals surface area contributed by atoms with Gasteiger partial charge in [0, 0.05) is 17.1 Å². The number of aryl methyl sites for hydroxylation is 3. The Balaban J connectivity index is 1.55. The number of anilines is 1. The summed E-state index contributed by atoms with van der Waals surface area (Å²) in [5.41, 5.74) is 6.99. The Kier molecular flexibility index (Phi) is 6.58. The smallest absolute Gasteiger partial charge is 0.234 e. The summed E-state index contributed by atoms with van der Waals surface area (Å²) in [5.74, 6) is 0.375. The Bertz CT molecular complexity index is 1000. The molecule has 30 heavy (non-hydrogen) atoms. The molecule has 1 aliphatic rings. The molecule has 0 unspecified atom stereocenters. The van der Waals surface area contributed by atoms with E-state index in [4.69, 9.17) is 4.98 Å². The Labute approximate surface area is 183 Å². The summed E-state index contributed by atoms with van der Waals surface area (Å²) in [5, 5.41) is 4.09. The van der Waals surface area contributed by atoms with Gasteiger partial charge in [0.05, 0.1) is 11.4 Å². The molecule has 156 valence electrons. The minimum atomic E-state index is 0.0242. The quantitative estimate of drug-likeness (QED) is 0.507. The summed E-state index contributed by atoms with van der Waals surface area (Å²) in [4.78, 5) is 17.8. The van der Waals surface area contributed by atoms with Crippen LogP contribution in [0.4, 0.5) is 5.69 Å². The normalized spacial score (nSPS) is 13.1. The maximum atomic E-state index is 12.8. The number of imidazole rings is 1. The van der Waals surface area contributed by atoms with E-state index < -0.39 is 0 Å². The van der Waals surface area contributed by atoms with E-state index in [1.807, 2.05) is 6.07 Å². The number of amides is 1. The van der Waals surface area contributed by atoms with Gasteiger partial charge in [-0.1, -0.05) is 62.0 Å². The first-order valence-electron chi connectivity index (χ1n) is 10.9. The molecule has 1 heterocycles. The van der Waals surface area contributed by atoms with E-state index in [-0.39, 0.29) is 5.91 Å². The van der Waals surface area contributed by atoms with Crippen molar-refractivity contribution in [3.63, 3.8) is 0 Å². The standard InChI is InChI=1S/C25H29N3OS/c1-3-18-11-10-12-19(4-2)24(18)27-23(29)17-30-25-26-21-15-8-9-16-22(21)28(25)20-13-6-5-7-14-20/h5-7,10-14H,3-4,8-9,15-17H2,1-2H3,(H,27,29). The van der Waals surface area contributed by atoms with Gasteiger partial charge in [-0.05, 0) is 61.8 Å². The molecule has 0 saturated carbocycles. The van der Waals surface area contributed by atoms with Gasteiger partial charge in [-0.25, -0.2) is 4.98 Å². The minimum absolute atomic E-state index is 0.0242. The molecule has 1 aromatic heterocycles. The van der Waals surface area contributed by atoms with Crippen molar-refractivity contribution in [1.29, 1.82) is 0 Å². The zero-order valence-electron chi connectivity index (χ0n) is 17.8. The molecule has 0 aliphatic heterocycles. The summed E-state index contributed by atoms with van der Waals surface area (Å²) in [7, 11) is 0. The number of nitrogens with one attached hydrogen (secondary N) is 1. The molecule has 0 bridgehead atoms. The maximum absolute atomic E-state index is 12.8. The molecular weight excluding hydrogens is 390 g/mol. The summed E-state index contributed by atoms with van der Waals surface area (Å²) in [6.07, 6.45) is 6.27. The highest BCUT2D eigenvalue weighted by Crippen LogP contribution is 2.31. The van der Waals surface area contributed by atoms with Crippen molar-refractivity contribution in [1.82, 2.24) is 9.55 Å². The molecule has 1 N–H and O–H groups in total. The molecule has 4 nitrogen and oxygen atoms in total. The highest BCUT2D eigenvalue weighted by Gasteiger charge is 2.22. The third-order valence-corrected chi connectivity index (χ3v) is 6.65. The van der Waals surface area contributed by atoms with Gasteiger partial charge in [0.2, 0.25) is 5.91 Å². The fourth-order valence-electron chi connectivity index (χ4n) is 4.16. The second-order valence-corrected chi connectivity index (χ2v) is 8.60. The molecule has 0 fully saturated rings. The number of para-hydroxylation sites is 2. The molecule has 1 amide bonds. The fourth-order valence-corrected chi connectivity index (χ4v) is 5.02. The lowest BCUT2D eigenvalue weighted by Gasteiger charge is -2.16. The lowest BCUT2D eigenvalue weighted by atomic mass is 10.0. The highest BCUT2D eigenvalue weighted by atomic mass is 32.2. The summed E-state index contributed by atoms with van der Waals surface area (Å²) in [6, 6.07) is 16.6. The van der Waals surface area contributed by atoms with Crippen molar-refractivity contribution in [2.45, 2.75) is 57.5 Å². The number of nitrogens with zero attached hydrogens (tertiary/aromatic N) is 2. The summed E-state index contributed by atoms with van der Waals surface area (Å²) >= 11 is 1.53. The first-order chi connectivity index (χ1) is 14.7. The SMILES string of the molecule is CCc1cccc(CC)c1NC(=O)CSc1nc2c(n1-c1ccccc1)CCCC2.